The number of methoxy groups -OCH3 is 1. The monoisotopic (exact) mass is 288 g/mol. The van der Waals surface area contributed by atoms with E-state index in [0.29, 0.717) is 12.5 Å². The van der Waals surface area contributed by atoms with Crippen molar-refractivity contribution in [2.75, 3.05) is 25.1 Å². The van der Waals surface area contributed by atoms with E-state index in [0.717, 1.165) is 31.0 Å². The van der Waals surface area contributed by atoms with Crippen molar-refractivity contribution in [1.82, 2.24) is 25.0 Å². The van der Waals surface area contributed by atoms with E-state index in [1.807, 2.05) is 4.68 Å². The summed E-state index contributed by atoms with van der Waals surface area (Å²) in [7, 11) is 1.61. The molecule has 0 radical (unpaired) electrons. The van der Waals surface area contributed by atoms with Gasteiger partial charge in [0.05, 0.1) is 37.8 Å². The number of rotatable bonds is 2. The van der Waals surface area contributed by atoms with Gasteiger partial charge in [-0.15, -0.1) is 5.10 Å². The number of piperidine rings is 1. The molecular weight excluding hydrogens is 272 g/mol. The van der Waals surface area contributed by atoms with Gasteiger partial charge in [0, 0.05) is 25.5 Å². The molecule has 8 nitrogen and oxygen atoms in total. The smallest absolute Gasteiger partial charge is 0.257 e. The predicted octanol–water partition coefficient (Wildman–Crippen LogP) is 0.427. The lowest BCUT2D eigenvalue weighted by Crippen LogP contribution is -2.49. The van der Waals surface area contributed by atoms with Crippen molar-refractivity contribution in [3.63, 3.8) is 0 Å². The van der Waals surface area contributed by atoms with E-state index in [4.69, 9.17) is 9.47 Å². The molecule has 0 amide bonds. The second kappa shape index (κ2) is 4.96. The minimum absolute atomic E-state index is 0.0830. The molecule has 2 aliphatic heterocycles. The Labute approximate surface area is 121 Å². The van der Waals surface area contributed by atoms with E-state index in [2.05, 4.69) is 25.2 Å². The van der Waals surface area contributed by atoms with Crippen LogP contribution in [0.3, 0.4) is 0 Å². The van der Waals surface area contributed by atoms with Crippen molar-refractivity contribution in [2.24, 2.45) is 0 Å². The topological polar surface area (TPSA) is 78.2 Å². The molecule has 1 fully saturated rings. The maximum atomic E-state index is 5.96. The van der Waals surface area contributed by atoms with Gasteiger partial charge in [0.1, 0.15) is 0 Å². The third kappa shape index (κ3) is 2.02. The SMILES string of the molecule is COc1nccnc1N1CC[C@@H]2[C@@H](C1)OCc1cnnn12. The van der Waals surface area contributed by atoms with E-state index >= 15 is 0 Å². The summed E-state index contributed by atoms with van der Waals surface area (Å²) in [5, 5.41) is 8.16. The van der Waals surface area contributed by atoms with Crippen LogP contribution >= 0.6 is 0 Å². The lowest BCUT2D eigenvalue weighted by molar-refractivity contribution is -0.0335. The molecule has 4 rings (SSSR count). The Kier molecular flexibility index (Phi) is 2.95. The number of aromatic nitrogens is 5. The molecule has 110 valence electrons. The number of anilines is 1. The van der Waals surface area contributed by atoms with Gasteiger partial charge >= 0.3 is 0 Å². The standard InChI is InChI=1S/C13H16N6O2/c1-20-13-12(14-3-4-15-13)18-5-2-10-11(7-18)21-8-9-6-16-17-19(9)10/h3-4,6,10-11H,2,5,7-8H2,1H3/t10-,11-/m1/s1. The van der Waals surface area contributed by atoms with Gasteiger partial charge in [-0.3, -0.25) is 0 Å². The fourth-order valence-corrected chi connectivity index (χ4v) is 3.06. The lowest BCUT2D eigenvalue weighted by atomic mass is 10.0. The molecule has 0 saturated carbocycles. The summed E-state index contributed by atoms with van der Waals surface area (Å²) in [6.45, 7) is 2.16. The van der Waals surface area contributed by atoms with Crippen LogP contribution in [0, 0.1) is 0 Å². The van der Waals surface area contributed by atoms with Gasteiger partial charge in [-0.1, -0.05) is 5.21 Å². The maximum absolute atomic E-state index is 5.96. The second-order valence-corrected chi connectivity index (χ2v) is 5.21. The Morgan fingerprint density at radius 2 is 2.24 bits per heavy atom. The summed E-state index contributed by atoms with van der Waals surface area (Å²) >= 11 is 0. The lowest BCUT2D eigenvalue weighted by Gasteiger charge is -2.41. The Bertz CT molecular complexity index is 645. The molecule has 0 unspecified atom stereocenters. The van der Waals surface area contributed by atoms with E-state index in [9.17, 15) is 0 Å². The van der Waals surface area contributed by atoms with Crippen LogP contribution in [0.5, 0.6) is 5.88 Å². The highest BCUT2D eigenvalue weighted by Crippen LogP contribution is 2.33. The molecule has 4 heterocycles. The molecule has 2 aromatic rings. The summed E-state index contributed by atoms with van der Waals surface area (Å²) < 4.78 is 13.3. The fourth-order valence-electron chi connectivity index (χ4n) is 3.06. The van der Waals surface area contributed by atoms with Crippen LogP contribution in [0.4, 0.5) is 5.82 Å². The predicted molar refractivity (Wildman–Crippen MR) is 73.1 cm³/mol. The van der Waals surface area contributed by atoms with Gasteiger partial charge in [-0.25, -0.2) is 14.6 Å². The van der Waals surface area contributed by atoms with E-state index in [1.54, 1.807) is 25.7 Å². The molecule has 2 aromatic heterocycles. The minimum Gasteiger partial charge on any atom is -0.478 e. The molecule has 21 heavy (non-hydrogen) atoms. The number of hydrogen-bond donors (Lipinski definition) is 0. The Morgan fingerprint density at radius 3 is 3.14 bits per heavy atom. The first-order chi connectivity index (χ1) is 10.4. The van der Waals surface area contributed by atoms with Crippen LogP contribution in [-0.2, 0) is 11.3 Å². The van der Waals surface area contributed by atoms with Gasteiger partial charge in [0.15, 0.2) is 5.82 Å². The van der Waals surface area contributed by atoms with Crippen molar-refractivity contribution in [3.8, 4) is 5.88 Å². The summed E-state index contributed by atoms with van der Waals surface area (Å²) in [6, 6.07) is 0.246. The van der Waals surface area contributed by atoms with Crippen LogP contribution in [0.1, 0.15) is 18.2 Å². The zero-order chi connectivity index (χ0) is 14.2. The molecule has 2 atom stereocenters. The van der Waals surface area contributed by atoms with Crippen LogP contribution in [0.25, 0.3) is 0 Å². The van der Waals surface area contributed by atoms with Crippen molar-refractivity contribution in [2.45, 2.75) is 25.2 Å². The van der Waals surface area contributed by atoms with Crippen LogP contribution in [-0.4, -0.2) is 51.3 Å². The zero-order valence-corrected chi connectivity index (χ0v) is 11.7. The van der Waals surface area contributed by atoms with E-state index in [-0.39, 0.29) is 12.1 Å². The Hall–Kier alpha value is -2.22. The highest BCUT2D eigenvalue weighted by Gasteiger charge is 2.37. The molecule has 0 bridgehead atoms. The first-order valence-corrected chi connectivity index (χ1v) is 6.97. The second-order valence-electron chi connectivity index (χ2n) is 5.21. The molecule has 1 saturated heterocycles. The van der Waals surface area contributed by atoms with Crippen LogP contribution in [0.2, 0.25) is 0 Å². The number of fused-ring (bicyclic) bond motifs is 3. The molecule has 0 aliphatic carbocycles. The van der Waals surface area contributed by atoms with E-state index < -0.39 is 0 Å². The highest BCUT2D eigenvalue weighted by molar-refractivity contribution is 5.48. The summed E-state index contributed by atoms with van der Waals surface area (Å²) in [6.07, 6.45) is 6.10. The van der Waals surface area contributed by atoms with Gasteiger partial charge in [0.25, 0.3) is 5.88 Å². The quantitative estimate of drug-likeness (QED) is 0.792. The summed E-state index contributed by atoms with van der Waals surface area (Å²) in [5.74, 6) is 1.32. The first kappa shape index (κ1) is 12.5. The number of ether oxygens (including phenoxy) is 2. The Morgan fingerprint density at radius 1 is 1.33 bits per heavy atom. The molecular formula is C13H16N6O2. The van der Waals surface area contributed by atoms with Crippen molar-refractivity contribution >= 4 is 5.82 Å². The Balaban J connectivity index is 1.58. The van der Waals surface area contributed by atoms with Gasteiger partial charge in [0.2, 0.25) is 0 Å². The maximum Gasteiger partial charge on any atom is 0.257 e. The van der Waals surface area contributed by atoms with Crippen molar-refractivity contribution in [3.05, 3.63) is 24.3 Å². The first-order valence-electron chi connectivity index (χ1n) is 6.97. The third-order valence-corrected chi connectivity index (χ3v) is 4.07. The van der Waals surface area contributed by atoms with Gasteiger partial charge in [-0.05, 0) is 6.42 Å². The molecule has 2 aliphatic rings. The number of hydrogen-bond acceptors (Lipinski definition) is 7. The summed E-state index contributed by atoms with van der Waals surface area (Å²) in [4.78, 5) is 10.8. The average molecular weight is 288 g/mol. The van der Waals surface area contributed by atoms with Crippen LogP contribution < -0.4 is 9.64 Å². The molecule has 0 N–H and O–H groups in total. The summed E-state index contributed by atoms with van der Waals surface area (Å²) in [5.41, 5.74) is 1.04. The largest absolute Gasteiger partial charge is 0.478 e. The number of nitrogens with zero attached hydrogens (tertiary/aromatic N) is 6. The van der Waals surface area contributed by atoms with Crippen molar-refractivity contribution in [1.29, 1.82) is 0 Å². The zero-order valence-electron chi connectivity index (χ0n) is 11.7. The third-order valence-electron chi connectivity index (χ3n) is 4.07. The van der Waals surface area contributed by atoms with Gasteiger partial charge in [-0.2, -0.15) is 0 Å². The minimum atomic E-state index is 0.0830. The molecule has 0 aromatic carbocycles. The molecule has 8 heteroatoms. The highest BCUT2D eigenvalue weighted by atomic mass is 16.5. The molecule has 0 spiro atoms. The normalized spacial score (nSPS) is 24.3. The van der Waals surface area contributed by atoms with E-state index in [1.165, 1.54) is 0 Å². The van der Waals surface area contributed by atoms with Crippen molar-refractivity contribution < 1.29 is 9.47 Å². The van der Waals surface area contributed by atoms with Gasteiger partial charge < -0.3 is 14.4 Å². The average Bonchev–Trinajstić information content (AvgIpc) is 3.03. The van der Waals surface area contributed by atoms with Crippen LogP contribution in [0.15, 0.2) is 18.6 Å². The fraction of sp³-hybridized carbons (Fsp3) is 0.538.